The van der Waals surface area contributed by atoms with E-state index in [1.807, 2.05) is 6.92 Å². The molecular formula is C16H23NO5. The van der Waals surface area contributed by atoms with Gasteiger partial charge in [-0.3, -0.25) is 4.79 Å². The van der Waals surface area contributed by atoms with Crippen molar-refractivity contribution in [3.05, 3.63) is 17.7 Å². The van der Waals surface area contributed by atoms with Gasteiger partial charge in [0.05, 0.1) is 33.5 Å². The van der Waals surface area contributed by atoms with E-state index in [-0.39, 0.29) is 18.1 Å². The maximum absolute atomic E-state index is 12.4. The molecule has 0 saturated carbocycles. The zero-order valence-corrected chi connectivity index (χ0v) is 13.5. The summed E-state index contributed by atoms with van der Waals surface area (Å²) in [4.78, 5) is 12.4. The molecule has 0 radical (unpaired) electrons. The topological polar surface area (TPSA) is 66.0 Å². The molecule has 1 fully saturated rings. The van der Waals surface area contributed by atoms with E-state index in [4.69, 9.17) is 18.9 Å². The number of nitrogens with one attached hydrogen (secondary N) is 1. The molecule has 2 rings (SSSR count). The fourth-order valence-corrected chi connectivity index (χ4v) is 2.59. The second-order valence-corrected chi connectivity index (χ2v) is 5.23. The van der Waals surface area contributed by atoms with Gasteiger partial charge in [0, 0.05) is 12.2 Å². The van der Waals surface area contributed by atoms with Crippen molar-refractivity contribution >= 4 is 5.91 Å². The van der Waals surface area contributed by atoms with Gasteiger partial charge in [0.1, 0.15) is 0 Å². The van der Waals surface area contributed by atoms with Crippen LogP contribution in [0.3, 0.4) is 0 Å². The number of hydrogen-bond donors (Lipinski definition) is 1. The Morgan fingerprint density at radius 2 is 1.86 bits per heavy atom. The number of methoxy groups -OCH3 is 3. The minimum Gasteiger partial charge on any atom is -0.493 e. The Kier molecular flexibility index (Phi) is 5.49. The van der Waals surface area contributed by atoms with Crippen molar-refractivity contribution in [3.63, 3.8) is 0 Å². The Bertz CT molecular complexity index is 500. The molecule has 1 saturated heterocycles. The molecule has 0 bridgehead atoms. The first-order valence-corrected chi connectivity index (χ1v) is 7.33. The molecule has 0 unspecified atom stereocenters. The van der Waals surface area contributed by atoms with Crippen LogP contribution in [0.2, 0.25) is 0 Å². The number of hydrogen-bond acceptors (Lipinski definition) is 5. The minimum atomic E-state index is -0.192. The van der Waals surface area contributed by atoms with Gasteiger partial charge in [-0.25, -0.2) is 0 Å². The molecule has 1 aromatic rings. The van der Waals surface area contributed by atoms with Crippen molar-refractivity contribution < 1.29 is 23.7 Å². The lowest BCUT2D eigenvalue weighted by Gasteiger charge is -2.20. The fraction of sp³-hybridized carbons (Fsp3) is 0.562. The van der Waals surface area contributed by atoms with Crippen molar-refractivity contribution in [1.82, 2.24) is 5.32 Å². The SMILES string of the molecule is COc1cc(C(=O)N[C@@H](C)[C@@H]2CCCO2)cc(OC)c1OC. The van der Waals surface area contributed by atoms with Crippen LogP contribution in [0.5, 0.6) is 17.2 Å². The van der Waals surface area contributed by atoms with Crippen molar-refractivity contribution in [1.29, 1.82) is 0 Å². The lowest BCUT2D eigenvalue weighted by atomic mass is 10.1. The van der Waals surface area contributed by atoms with E-state index in [1.54, 1.807) is 12.1 Å². The number of benzene rings is 1. The molecule has 22 heavy (non-hydrogen) atoms. The number of carbonyl (C=O) groups is 1. The summed E-state index contributed by atoms with van der Waals surface area (Å²) in [6.45, 7) is 2.71. The van der Waals surface area contributed by atoms with Gasteiger partial charge < -0.3 is 24.3 Å². The molecule has 0 aromatic heterocycles. The third kappa shape index (κ3) is 3.44. The van der Waals surface area contributed by atoms with Crippen molar-refractivity contribution in [2.45, 2.75) is 31.9 Å². The molecule has 122 valence electrons. The monoisotopic (exact) mass is 309 g/mol. The fourth-order valence-electron chi connectivity index (χ4n) is 2.59. The first-order chi connectivity index (χ1) is 10.6. The third-order valence-corrected chi connectivity index (χ3v) is 3.81. The highest BCUT2D eigenvalue weighted by Crippen LogP contribution is 2.38. The highest BCUT2D eigenvalue weighted by atomic mass is 16.5. The average Bonchev–Trinajstić information content (AvgIpc) is 3.07. The summed E-state index contributed by atoms with van der Waals surface area (Å²) in [5.74, 6) is 1.18. The minimum absolute atomic E-state index is 0.0471. The molecule has 0 aliphatic carbocycles. The van der Waals surface area contributed by atoms with E-state index in [0.717, 1.165) is 19.4 Å². The predicted molar refractivity (Wildman–Crippen MR) is 82.0 cm³/mol. The first kappa shape index (κ1) is 16.4. The van der Waals surface area contributed by atoms with E-state index >= 15 is 0 Å². The first-order valence-electron chi connectivity index (χ1n) is 7.33. The van der Waals surface area contributed by atoms with Gasteiger partial charge in [0.15, 0.2) is 11.5 Å². The van der Waals surface area contributed by atoms with Crippen molar-refractivity contribution in [2.75, 3.05) is 27.9 Å². The highest BCUT2D eigenvalue weighted by Gasteiger charge is 2.25. The maximum atomic E-state index is 12.4. The number of amides is 1. The van der Waals surface area contributed by atoms with Gasteiger partial charge in [0.2, 0.25) is 5.75 Å². The van der Waals surface area contributed by atoms with E-state index in [1.165, 1.54) is 21.3 Å². The summed E-state index contributed by atoms with van der Waals surface area (Å²) in [6, 6.07) is 3.23. The number of ether oxygens (including phenoxy) is 4. The molecule has 6 heteroatoms. The standard InChI is InChI=1S/C16H23NO5/c1-10(12-6-5-7-22-12)17-16(18)11-8-13(19-2)15(21-4)14(9-11)20-3/h8-10,12H,5-7H2,1-4H3,(H,17,18)/t10-,12-/m0/s1. The number of rotatable bonds is 6. The van der Waals surface area contributed by atoms with E-state index in [2.05, 4.69) is 5.32 Å². The molecule has 1 aliphatic rings. The third-order valence-electron chi connectivity index (χ3n) is 3.81. The average molecular weight is 309 g/mol. The highest BCUT2D eigenvalue weighted by molar-refractivity contribution is 5.95. The second kappa shape index (κ2) is 7.35. The summed E-state index contributed by atoms with van der Waals surface area (Å²) in [6.07, 6.45) is 2.08. The maximum Gasteiger partial charge on any atom is 0.251 e. The zero-order chi connectivity index (χ0) is 16.1. The predicted octanol–water partition coefficient (Wildman–Crippen LogP) is 2.01. The van der Waals surface area contributed by atoms with Crippen LogP contribution < -0.4 is 19.5 Å². The Morgan fingerprint density at radius 3 is 2.32 bits per heavy atom. The van der Waals surface area contributed by atoms with Crippen LogP contribution in [0, 0.1) is 0 Å². The van der Waals surface area contributed by atoms with Gasteiger partial charge in [-0.1, -0.05) is 0 Å². The molecule has 6 nitrogen and oxygen atoms in total. The van der Waals surface area contributed by atoms with Gasteiger partial charge in [-0.05, 0) is 31.9 Å². The molecule has 0 spiro atoms. The normalized spacial score (nSPS) is 18.6. The summed E-state index contributed by atoms with van der Waals surface area (Å²) in [5.41, 5.74) is 0.458. The van der Waals surface area contributed by atoms with E-state index in [0.29, 0.717) is 22.8 Å². The molecule has 2 atom stereocenters. The second-order valence-electron chi connectivity index (χ2n) is 5.23. The molecule has 1 heterocycles. The molecule has 1 N–H and O–H groups in total. The Balaban J connectivity index is 2.18. The number of carbonyl (C=O) groups excluding carboxylic acids is 1. The Hall–Kier alpha value is -1.95. The van der Waals surface area contributed by atoms with E-state index < -0.39 is 0 Å². The van der Waals surface area contributed by atoms with Crippen LogP contribution in [0.25, 0.3) is 0 Å². The lowest BCUT2D eigenvalue weighted by Crippen LogP contribution is -2.40. The lowest BCUT2D eigenvalue weighted by molar-refractivity contribution is 0.0712. The summed E-state index contributed by atoms with van der Waals surface area (Å²) >= 11 is 0. The summed E-state index contributed by atoms with van der Waals surface area (Å²) in [5, 5.41) is 2.96. The van der Waals surface area contributed by atoms with Crippen LogP contribution >= 0.6 is 0 Å². The Morgan fingerprint density at radius 1 is 1.23 bits per heavy atom. The summed E-state index contributed by atoms with van der Waals surface area (Å²) < 4.78 is 21.4. The van der Waals surface area contributed by atoms with Gasteiger partial charge in [-0.15, -0.1) is 0 Å². The van der Waals surface area contributed by atoms with Crippen LogP contribution in [0.15, 0.2) is 12.1 Å². The van der Waals surface area contributed by atoms with Gasteiger partial charge in [0.25, 0.3) is 5.91 Å². The molecule has 1 aromatic carbocycles. The quantitative estimate of drug-likeness (QED) is 0.871. The van der Waals surface area contributed by atoms with Crippen LogP contribution in [0.4, 0.5) is 0 Å². The zero-order valence-electron chi connectivity index (χ0n) is 13.5. The largest absolute Gasteiger partial charge is 0.493 e. The Labute approximate surface area is 130 Å². The van der Waals surface area contributed by atoms with Crippen LogP contribution in [-0.2, 0) is 4.74 Å². The van der Waals surface area contributed by atoms with Crippen molar-refractivity contribution in [2.24, 2.45) is 0 Å². The van der Waals surface area contributed by atoms with Crippen molar-refractivity contribution in [3.8, 4) is 17.2 Å². The van der Waals surface area contributed by atoms with Crippen LogP contribution in [0.1, 0.15) is 30.1 Å². The molecule has 1 aliphatic heterocycles. The van der Waals surface area contributed by atoms with E-state index in [9.17, 15) is 4.79 Å². The summed E-state index contributed by atoms with van der Waals surface area (Å²) in [7, 11) is 4.57. The van der Waals surface area contributed by atoms with Gasteiger partial charge in [-0.2, -0.15) is 0 Å². The van der Waals surface area contributed by atoms with Crippen LogP contribution in [-0.4, -0.2) is 46.0 Å². The molecular weight excluding hydrogens is 286 g/mol. The molecule has 1 amide bonds. The smallest absolute Gasteiger partial charge is 0.251 e. The van der Waals surface area contributed by atoms with Gasteiger partial charge >= 0.3 is 0 Å².